The van der Waals surface area contributed by atoms with Crippen molar-refractivity contribution in [2.45, 2.75) is 44.3 Å². The Bertz CT molecular complexity index is 306. The largest absolute Gasteiger partial charge is 0.393 e. The van der Waals surface area contributed by atoms with Crippen molar-refractivity contribution in [1.82, 2.24) is 10.2 Å². The van der Waals surface area contributed by atoms with Crippen LogP contribution in [0.3, 0.4) is 0 Å². The molecular formula is C12H20ClF3N2O. The van der Waals surface area contributed by atoms with E-state index in [9.17, 15) is 18.0 Å². The second-order valence-corrected chi connectivity index (χ2v) is 5.17. The Kier molecular flexibility index (Phi) is 5.92. The quantitative estimate of drug-likeness (QED) is 0.806. The van der Waals surface area contributed by atoms with Gasteiger partial charge in [0.2, 0.25) is 5.91 Å². The maximum atomic E-state index is 12.7. The molecule has 0 aromatic rings. The van der Waals surface area contributed by atoms with Crippen molar-refractivity contribution in [3.63, 3.8) is 0 Å². The fourth-order valence-corrected chi connectivity index (χ4v) is 2.73. The number of carbonyl (C=O) groups excluding carboxylic acids is 1. The average Bonchev–Trinajstić information content (AvgIpc) is 2.38. The SMILES string of the molecule is Cl.O=C([C@@H]1CCCCN1)N1CCCC(C(F)(F)F)C1. The zero-order chi connectivity index (χ0) is 13.2. The zero-order valence-corrected chi connectivity index (χ0v) is 11.5. The van der Waals surface area contributed by atoms with Crippen LogP contribution in [0.4, 0.5) is 13.2 Å². The minimum Gasteiger partial charge on any atom is -0.341 e. The number of amides is 1. The summed E-state index contributed by atoms with van der Waals surface area (Å²) >= 11 is 0. The van der Waals surface area contributed by atoms with Gasteiger partial charge in [-0.1, -0.05) is 6.42 Å². The molecule has 1 amide bonds. The summed E-state index contributed by atoms with van der Waals surface area (Å²) in [6.45, 7) is 1.08. The van der Waals surface area contributed by atoms with E-state index in [-0.39, 0.29) is 37.3 Å². The Hall–Kier alpha value is -0.490. The molecule has 0 aromatic heterocycles. The smallest absolute Gasteiger partial charge is 0.341 e. The molecule has 0 spiro atoms. The van der Waals surface area contributed by atoms with E-state index in [0.717, 1.165) is 25.8 Å². The molecule has 2 aliphatic rings. The Morgan fingerprint density at radius 2 is 1.89 bits per heavy atom. The van der Waals surface area contributed by atoms with Gasteiger partial charge in [0, 0.05) is 13.1 Å². The Labute approximate surface area is 117 Å². The van der Waals surface area contributed by atoms with E-state index in [4.69, 9.17) is 0 Å². The Morgan fingerprint density at radius 1 is 1.16 bits per heavy atom. The molecule has 1 N–H and O–H groups in total. The lowest BCUT2D eigenvalue weighted by molar-refractivity contribution is -0.188. The average molecular weight is 301 g/mol. The lowest BCUT2D eigenvalue weighted by atomic mass is 9.96. The second-order valence-electron chi connectivity index (χ2n) is 5.17. The first kappa shape index (κ1) is 16.6. The summed E-state index contributed by atoms with van der Waals surface area (Å²) in [6.07, 6.45) is -0.839. The zero-order valence-electron chi connectivity index (χ0n) is 10.7. The van der Waals surface area contributed by atoms with Crippen molar-refractivity contribution < 1.29 is 18.0 Å². The number of carbonyl (C=O) groups is 1. The molecular weight excluding hydrogens is 281 g/mol. The van der Waals surface area contributed by atoms with E-state index in [1.807, 2.05) is 0 Å². The molecule has 7 heteroatoms. The van der Waals surface area contributed by atoms with Gasteiger partial charge in [-0.05, 0) is 32.2 Å². The van der Waals surface area contributed by atoms with E-state index >= 15 is 0 Å². The molecule has 2 atom stereocenters. The number of hydrogen-bond donors (Lipinski definition) is 1. The molecule has 0 saturated carbocycles. The normalized spacial score (nSPS) is 28.7. The highest BCUT2D eigenvalue weighted by molar-refractivity contribution is 5.85. The van der Waals surface area contributed by atoms with Gasteiger partial charge >= 0.3 is 6.18 Å². The molecule has 112 valence electrons. The number of piperidine rings is 2. The molecule has 0 bridgehead atoms. The van der Waals surface area contributed by atoms with Crippen LogP contribution < -0.4 is 5.32 Å². The summed E-state index contributed by atoms with van der Waals surface area (Å²) < 4.78 is 38.0. The van der Waals surface area contributed by atoms with Crippen LogP contribution in [-0.4, -0.2) is 42.7 Å². The van der Waals surface area contributed by atoms with Gasteiger partial charge in [0.05, 0.1) is 12.0 Å². The van der Waals surface area contributed by atoms with Gasteiger partial charge in [0.1, 0.15) is 0 Å². The van der Waals surface area contributed by atoms with Crippen LogP contribution in [0.1, 0.15) is 32.1 Å². The molecule has 0 aromatic carbocycles. The van der Waals surface area contributed by atoms with Gasteiger partial charge in [0.25, 0.3) is 0 Å². The van der Waals surface area contributed by atoms with Crippen LogP contribution in [-0.2, 0) is 4.79 Å². The molecule has 2 heterocycles. The van der Waals surface area contributed by atoms with Crippen molar-refractivity contribution in [2.75, 3.05) is 19.6 Å². The van der Waals surface area contributed by atoms with Crippen molar-refractivity contribution >= 4 is 18.3 Å². The van der Waals surface area contributed by atoms with E-state index in [0.29, 0.717) is 13.0 Å². The van der Waals surface area contributed by atoms with Crippen LogP contribution in [0, 0.1) is 5.92 Å². The lowest BCUT2D eigenvalue weighted by Gasteiger charge is -2.36. The summed E-state index contributed by atoms with van der Waals surface area (Å²) in [6, 6.07) is -0.272. The maximum absolute atomic E-state index is 12.7. The summed E-state index contributed by atoms with van der Waals surface area (Å²) in [5.41, 5.74) is 0. The summed E-state index contributed by atoms with van der Waals surface area (Å²) in [4.78, 5) is 13.5. The number of nitrogens with zero attached hydrogens (tertiary/aromatic N) is 1. The van der Waals surface area contributed by atoms with E-state index in [2.05, 4.69) is 5.32 Å². The summed E-state index contributed by atoms with van der Waals surface area (Å²) in [5.74, 6) is -1.50. The van der Waals surface area contributed by atoms with Gasteiger partial charge in [-0.3, -0.25) is 4.79 Å². The Balaban J connectivity index is 0.00000180. The number of halogens is 4. The fourth-order valence-electron chi connectivity index (χ4n) is 2.73. The number of alkyl halides is 3. The predicted octanol–water partition coefficient (Wildman–Crippen LogP) is 2.35. The van der Waals surface area contributed by atoms with Gasteiger partial charge in [-0.25, -0.2) is 0 Å². The van der Waals surface area contributed by atoms with Crippen molar-refractivity contribution in [2.24, 2.45) is 5.92 Å². The van der Waals surface area contributed by atoms with Gasteiger partial charge < -0.3 is 10.2 Å². The molecule has 0 radical (unpaired) electrons. The van der Waals surface area contributed by atoms with Crippen LogP contribution in [0.5, 0.6) is 0 Å². The van der Waals surface area contributed by atoms with Crippen molar-refractivity contribution in [1.29, 1.82) is 0 Å². The summed E-state index contributed by atoms with van der Waals surface area (Å²) in [7, 11) is 0. The standard InChI is InChI=1S/C12H19F3N2O.ClH/c13-12(14,15)9-4-3-7-17(8-9)11(18)10-5-1-2-6-16-10;/h9-10,16H,1-8H2;1H/t9?,10-;/m0./s1. The molecule has 2 rings (SSSR count). The van der Waals surface area contributed by atoms with E-state index < -0.39 is 12.1 Å². The minimum atomic E-state index is -4.18. The molecule has 3 nitrogen and oxygen atoms in total. The first-order valence-corrected chi connectivity index (χ1v) is 6.57. The number of nitrogens with one attached hydrogen (secondary N) is 1. The number of likely N-dealkylation sites (tertiary alicyclic amines) is 1. The van der Waals surface area contributed by atoms with Gasteiger partial charge in [-0.15, -0.1) is 12.4 Å². The number of hydrogen-bond acceptors (Lipinski definition) is 2. The third-order valence-corrected chi connectivity index (χ3v) is 3.80. The minimum absolute atomic E-state index is 0. The van der Waals surface area contributed by atoms with Crippen molar-refractivity contribution in [3.05, 3.63) is 0 Å². The lowest BCUT2D eigenvalue weighted by Crippen LogP contribution is -2.52. The first-order valence-electron chi connectivity index (χ1n) is 6.57. The molecule has 19 heavy (non-hydrogen) atoms. The number of rotatable bonds is 1. The van der Waals surface area contributed by atoms with E-state index in [1.54, 1.807) is 0 Å². The topological polar surface area (TPSA) is 32.3 Å². The summed E-state index contributed by atoms with van der Waals surface area (Å²) in [5, 5.41) is 3.10. The molecule has 2 saturated heterocycles. The van der Waals surface area contributed by atoms with Crippen molar-refractivity contribution in [3.8, 4) is 0 Å². The highest BCUT2D eigenvalue weighted by atomic mass is 35.5. The monoisotopic (exact) mass is 300 g/mol. The van der Waals surface area contributed by atoms with Gasteiger partial charge in [-0.2, -0.15) is 13.2 Å². The predicted molar refractivity (Wildman–Crippen MR) is 68.2 cm³/mol. The first-order chi connectivity index (χ1) is 8.48. The third kappa shape index (κ3) is 4.24. The fraction of sp³-hybridized carbons (Fsp3) is 0.917. The second kappa shape index (κ2) is 6.79. The van der Waals surface area contributed by atoms with Crippen LogP contribution in [0.25, 0.3) is 0 Å². The molecule has 2 aliphatic heterocycles. The highest BCUT2D eigenvalue weighted by Gasteiger charge is 2.43. The van der Waals surface area contributed by atoms with Crippen LogP contribution in [0.2, 0.25) is 0 Å². The Morgan fingerprint density at radius 3 is 2.47 bits per heavy atom. The van der Waals surface area contributed by atoms with Crippen LogP contribution in [0.15, 0.2) is 0 Å². The van der Waals surface area contributed by atoms with E-state index in [1.165, 1.54) is 4.90 Å². The maximum Gasteiger partial charge on any atom is 0.393 e. The molecule has 1 unspecified atom stereocenters. The molecule has 2 fully saturated rings. The third-order valence-electron chi connectivity index (χ3n) is 3.80. The van der Waals surface area contributed by atoms with Gasteiger partial charge in [0.15, 0.2) is 0 Å². The molecule has 0 aliphatic carbocycles. The highest BCUT2D eigenvalue weighted by Crippen LogP contribution is 2.33. The van der Waals surface area contributed by atoms with Crippen LogP contribution >= 0.6 is 12.4 Å².